The third-order valence-corrected chi connectivity index (χ3v) is 6.87. The quantitative estimate of drug-likeness (QED) is 0.105. The van der Waals surface area contributed by atoms with Crippen LogP contribution in [0.5, 0.6) is 0 Å². The van der Waals surface area contributed by atoms with E-state index in [0.29, 0.717) is 0 Å². The van der Waals surface area contributed by atoms with Crippen molar-refractivity contribution in [2.45, 2.75) is 88.3 Å². The fraction of sp³-hybridized carbons (Fsp3) is 0.826. The summed E-state index contributed by atoms with van der Waals surface area (Å²) >= 11 is 0. The summed E-state index contributed by atoms with van der Waals surface area (Å²) in [5, 5.41) is 78.4. The summed E-state index contributed by atoms with van der Waals surface area (Å²) in [6.45, 7) is 0.340. The third kappa shape index (κ3) is 7.79. The number of hydrogen-bond acceptors (Lipinski definition) is 15. The number of hydrogen-bond donors (Lipinski definition) is 7. The number of carboxylic acids is 1. The fourth-order valence-electron chi connectivity index (χ4n) is 4.61. The molecule has 0 aromatic carbocycles. The fourth-order valence-corrected chi connectivity index (χ4v) is 4.61. The first-order valence-electron chi connectivity index (χ1n) is 11.9. The largest absolute Gasteiger partial charge is 1.00 e. The van der Waals surface area contributed by atoms with Crippen LogP contribution >= 0.6 is 0 Å². The van der Waals surface area contributed by atoms with Crippen LogP contribution in [0.25, 0.3) is 0 Å². The van der Waals surface area contributed by atoms with Crippen LogP contribution in [0.1, 0.15) is 20.8 Å². The molecule has 12 atom stereocenters. The Morgan fingerprint density at radius 3 is 2.10 bits per heavy atom. The number of aliphatic hydroxyl groups excluding tert-OH is 7. The van der Waals surface area contributed by atoms with Crippen LogP contribution in [-0.2, 0) is 33.3 Å². The predicted molar refractivity (Wildman–Crippen MR) is 124 cm³/mol. The number of carboxylic acid groups (broad SMARTS) is 1. The van der Waals surface area contributed by atoms with E-state index in [1.165, 1.54) is 13.2 Å². The van der Waals surface area contributed by atoms with Gasteiger partial charge in [0.15, 0.2) is 18.8 Å². The van der Waals surface area contributed by atoms with Gasteiger partial charge in [-0.1, -0.05) is 14.4 Å². The van der Waals surface area contributed by atoms with Crippen molar-refractivity contribution < 1.29 is 126 Å². The molecule has 0 radical (unpaired) electrons. The number of nitrogens with zero attached hydrogens (tertiary/aromatic N) is 1. The number of methoxy groups -OCH3 is 1. The minimum atomic E-state index is -1.49. The summed E-state index contributed by atoms with van der Waals surface area (Å²) in [4.78, 5) is 22.9. The van der Waals surface area contributed by atoms with Crippen LogP contribution in [0.4, 0.5) is 0 Å². The van der Waals surface area contributed by atoms with E-state index in [9.17, 15) is 45.3 Å². The molecule has 17 heteroatoms. The van der Waals surface area contributed by atoms with Crippen LogP contribution in [0.2, 0.25) is 0 Å². The molecule has 4 aliphatic rings. The molecule has 0 aliphatic carbocycles. The normalized spacial score (nSPS) is 41.4. The minimum Gasteiger partial charge on any atom is -0.547 e. The third-order valence-electron chi connectivity index (χ3n) is 6.87. The number of amides is 1. The Balaban J connectivity index is 0.000000428. The molecule has 0 saturated carbocycles. The average molecular weight is 608 g/mol. The van der Waals surface area contributed by atoms with Gasteiger partial charge in [-0.3, -0.25) is 9.69 Å². The van der Waals surface area contributed by atoms with Gasteiger partial charge in [0.1, 0.15) is 42.3 Å². The second kappa shape index (κ2) is 16.5. The molecule has 4 unspecified atom stereocenters. The van der Waals surface area contributed by atoms with Crippen molar-refractivity contribution in [2.75, 3.05) is 26.9 Å². The summed E-state index contributed by atoms with van der Waals surface area (Å²) in [5.41, 5.74) is 0. The Hall–Kier alpha value is -0.324. The van der Waals surface area contributed by atoms with Crippen molar-refractivity contribution >= 4 is 11.9 Å². The molecular weight excluding hydrogens is 569 g/mol. The predicted octanol–water partition coefficient (Wildman–Crippen LogP) is -8.26. The maximum Gasteiger partial charge on any atom is 1.00 e. The number of rotatable bonds is 7. The van der Waals surface area contributed by atoms with E-state index in [4.69, 9.17) is 28.8 Å². The van der Waals surface area contributed by atoms with E-state index in [0.717, 1.165) is 4.90 Å². The molecule has 4 fully saturated rings. The molecule has 16 nitrogen and oxygen atoms in total. The van der Waals surface area contributed by atoms with Gasteiger partial charge in [0.05, 0.1) is 44.4 Å². The maximum atomic E-state index is 11.0. The molecule has 0 aromatic heterocycles. The number of aliphatic hydroxyl groups is 7. The second-order valence-electron chi connectivity index (χ2n) is 9.20. The van der Waals surface area contributed by atoms with Crippen LogP contribution in [0.15, 0.2) is 11.8 Å². The smallest absolute Gasteiger partial charge is 0.547 e. The zero-order chi connectivity index (χ0) is 28.3. The van der Waals surface area contributed by atoms with Crippen molar-refractivity contribution in [3.63, 3.8) is 0 Å². The molecular formula is C23H38KNO15. The van der Waals surface area contributed by atoms with Gasteiger partial charge >= 0.3 is 51.4 Å². The van der Waals surface area contributed by atoms with Crippen LogP contribution in [-0.4, -0.2) is 147 Å². The Morgan fingerprint density at radius 2 is 1.60 bits per heavy atom. The average Bonchev–Trinajstić information content (AvgIpc) is 3.19. The van der Waals surface area contributed by atoms with Crippen molar-refractivity contribution in [3.8, 4) is 0 Å². The van der Waals surface area contributed by atoms with Crippen LogP contribution < -0.4 is 56.5 Å². The summed E-state index contributed by atoms with van der Waals surface area (Å²) in [5.74, 6) is -2.11. The van der Waals surface area contributed by atoms with Gasteiger partial charge in [0.2, 0.25) is 5.91 Å². The molecule has 4 aliphatic heterocycles. The Kier molecular flexibility index (Phi) is 15.6. The van der Waals surface area contributed by atoms with Crippen molar-refractivity contribution in [3.05, 3.63) is 11.8 Å². The molecule has 4 saturated heterocycles. The van der Waals surface area contributed by atoms with E-state index in [1.54, 1.807) is 6.92 Å². The molecule has 4 rings (SSSR count). The van der Waals surface area contributed by atoms with Gasteiger partial charge in [-0.25, -0.2) is 0 Å². The first kappa shape index (κ1) is 37.7. The van der Waals surface area contributed by atoms with Gasteiger partial charge in [-0.05, 0) is 6.08 Å². The number of carbonyl (C=O) groups excluding carboxylic acids is 2. The van der Waals surface area contributed by atoms with Gasteiger partial charge in [-0.2, -0.15) is 0 Å². The van der Waals surface area contributed by atoms with Crippen molar-refractivity contribution in [1.29, 1.82) is 0 Å². The van der Waals surface area contributed by atoms with Gasteiger partial charge in [0.25, 0.3) is 0 Å². The molecule has 40 heavy (non-hydrogen) atoms. The van der Waals surface area contributed by atoms with Crippen LogP contribution in [0, 0.1) is 5.92 Å². The van der Waals surface area contributed by atoms with Crippen LogP contribution in [0.3, 0.4) is 0 Å². The molecule has 0 aromatic rings. The molecule has 0 spiro atoms. The first-order chi connectivity index (χ1) is 18.0. The number of β-lactam (4-membered cyclic amide) rings is 1. The van der Waals surface area contributed by atoms with Crippen molar-refractivity contribution in [2.24, 2.45) is 5.92 Å². The van der Waals surface area contributed by atoms with E-state index < -0.39 is 92.7 Å². The number of ether oxygens (including phenoxy) is 5. The standard InChI is InChI=1S/C14H26O10.C8H9NO5.CH4.K/c1-5-6(3-15)22-14(10(19)8(5)17)24-12-7(4-16)23-13(21-2)11(20)9(12)18;10-2-1-4-7(8(12)13)9-5(11)3-6(9)14-4;;/h5-20H,3-4H2,1-2H3;1,6-7,10H,2-3H2,(H,12,13);1H4;/q;;;+1/p-1/b;4-1-;;/t5-,6?,7+,8+,9?,10?,11?,12-,13-,14+;6-,7-;;/m11../s1. The molecule has 4 heterocycles. The molecule has 0 bridgehead atoms. The first-order valence-corrected chi connectivity index (χ1v) is 11.9. The number of fused-ring (bicyclic) bond motifs is 1. The number of carbonyl (C=O) groups is 2. The molecule has 7 N–H and O–H groups in total. The Bertz CT molecular complexity index is 860. The van der Waals surface area contributed by atoms with E-state index in [2.05, 4.69) is 0 Å². The Labute approximate surface area is 273 Å². The van der Waals surface area contributed by atoms with Gasteiger partial charge in [0, 0.05) is 13.0 Å². The summed E-state index contributed by atoms with van der Waals surface area (Å²) < 4.78 is 26.2. The second-order valence-corrected chi connectivity index (χ2v) is 9.20. The van der Waals surface area contributed by atoms with E-state index in [1.807, 2.05) is 0 Å². The number of aliphatic carboxylic acids is 1. The molecule has 1 amide bonds. The SMILES string of the molecule is C.CO[C@@H]1O[C@@H](CO)[C@@H](O[C@@H]2OC(CO)[C@@H](C)[C@H](O)C2O)C(O)C1O.O=C([O-])[C@H]1/C(=C/CO)O[C@@H]2CC(=O)N21.[K+]. The summed E-state index contributed by atoms with van der Waals surface area (Å²) in [7, 11) is 1.27. The zero-order valence-electron chi connectivity index (χ0n) is 21.7. The maximum absolute atomic E-state index is 11.0. The van der Waals surface area contributed by atoms with E-state index in [-0.39, 0.29) is 83.5 Å². The van der Waals surface area contributed by atoms with Gasteiger partial charge in [-0.15, -0.1) is 0 Å². The zero-order valence-corrected chi connectivity index (χ0v) is 24.8. The molecule has 226 valence electrons. The topological polar surface area (TPSA) is 248 Å². The van der Waals surface area contributed by atoms with E-state index >= 15 is 0 Å². The van der Waals surface area contributed by atoms with Gasteiger partial charge < -0.3 is 69.3 Å². The summed E-state index contributed by atoms with van der Waals surface area (Å²) in [6.07, 6.45) is -10.3. The minimum absolute atomic E-state index is 0. The Morgan fingerprint density at radius 1 is 1.02 bits per heavy atom. The summed E-state index contributed by atoms with van der Waals surface area (Å²) in [6, 6.07) is -1.17. The monoisotopic (exact) mass is 607 g/mol. The van der Waals surface area contributed by atoms with Crippen molar-refractivity contribution in [1.82, 2.24) is 4.90 Å².